The smallest absolute Gasteiger partial charge is 0.285 e. The minimum atomic E-state index is -1.05. The number of primary amides is 1. The van der Waals surface area contributed by atoms with Gasteiger partial charge in [0.15, 0.2) is 5.78 Å². The summed E-state index contributed by atoms with van der Waals surface area (Å²) >= 11 is 0. The summed E-state index contributed by atoms with van der Waals surface area (Å²) in [7, 11) is 0. The first-order valence-corrected chi connectivity index (χ1v) is 3.45. The Labute approximate surface area is 69.5 Å². The number of carbonyl (C=O) groups is 3. The van der Waals surface area contributed by atoms with Crippen LogP contribution in [0.1, 0.15) is 13.3 Å². The molecule has 0 spiro atoms. The SMILES string of the molecule is CC(CC(=O)CO)C(=O)C(N)=O. The highest BCUT2D eigenvalue weighted by atomic mass is 16.3. The molecule has 68 valence electrons. The fraction of sp³-hybridized carbons (Fsp3) is 0.571. The molecule has 0 saturated heterocycles. The number of Topliss-reactive ketones (excluding diaryl/α,β-unsaturated/α-hetero) is 2. The Hall–Kier alpha value is -1.23. The Morgan fingerprint density at radius 2 is 1.92 bits per heavy atom. The number of aliphatic hydroxyl groups excluding tert-OH is 1. The highest BCUT2D eigenvalue weighted by Crippen LogP contribution is 2.03. The predicted molar refractivity (Wildman–Crippen MR) is 40.1 cm³/mol. The average molecular weight is 173 g/mol. The van der Waals surface area contributed by atoms with Crippen molar-refractivity contribution in [3.05, 3.63) is 0 Å². The maximum Gasteiger partial charge on any atom is 0.285 e. The van der Waals surface area contributed by atoms with Crippen LogP contribution in [0.2, 0.25) is 0 Å². The lowest BCUT2D eigenvalue weighted by Gasteiger charge is -2.04. The first-order valence-electron chi connectivity index (χ1n) is 3.45. The summed E-state index contributed by atoms with van der Waals surface area (Å²) in [4.78, 5) is 31.7. The van der Waals surface area contributed by atoms with Gasteiger partial charge < -0.3 is 10.8 Å². The van der Waals surface area contributed by atoms with Gasteiger partial charge in [-0.15, -0.1) is 0 Å². The fourth-order valence-electron chi connectivity index (χ4n) is 0.742. The van der Waals surface area contributed by atoms with Crippen molar-refractivity contribution in [2.75, 3.05) is 6.61 Å². The molecule has 0 rings (SSSR count). The third-order valence-corrected chi connectivity index (χ3v) is 1.40. The van der Waals surface area contributed by atoms with Crippen molar-refractivity contribution in [3.63, 3.8) is 0 Å². The summed E-state index contributed by atoms with van der Waals surface area (Å²) in [6.45, 7) is 0.803. The van der Waals surface area contributed by atoms with Gasteiger partial charge in [0.05, 0.1) is 0 Å². The Morgan fingerprint density at radius 1 is 1.42 bits per heavy atom. The lowest BCUT2D eigenvalue weighted by atomic mass is 10.00. The van der Waals surface area contributed by atoms with Gasteiger partial charge in [-0.2, -0.15) is 0 Å². The number of nitrogens with two attached hydrogens (primary N) is 1. The van der Waals surface area contributed by atoms with Crippen molar-refractivity contribution in [2.24, 2.45) is 11.7 Å². The van der Waals surface area contributed by atoms with Crippen LogP contribution < -0.4 is 5.73 Å². The van der Waals surface area contributed by atoms with E-state index >= 15 is 0 Å². The van der Waals surface area contributed by atoms with Crippen LogP contribution in [0.3, 0.4) is 0 Å². The molecule has 0 radical (unpaired) electrons. The van der Waals surface area contributed by atoms with Crippen LogP contribution >= 0.6 is 0 Å². The molecule has 0 aliphatic rings. The van der Waals surface area contributed by atoms with Gasteiger partial charge in [-0.05, 0) is 0 Å². The fourth-order valence-corrected chi connectivity index (χ4v) is 0.742. The van der Waals surface area contributed by atoms with E-state index in [0.717, 1.165) is 0 Å². The molecular weight excluding hydrogens is 162 g/mol. The average Bonchev–Trinajstić information content (AvgIpc) is 2.02. The molecule has 5 heteroatoms. The highest BCUT2D eigenvalue weighted by Gasteiger charge is 2.20. The normalized spacial score (nSPS) is 12.2. The number of rotatable bonds is 5. The van der Waals surface area contributed by atoms with Crippen LogP contribution in [-0.4, -0.2) is 29.2 Å². The van der Waals surface area contributed by atoms with Crippen LogP contribution in [0.15, 0.2) is 0 Å². The van der Waals surface area contributed by atoms with Gasteiger partial charge in [0.25, 0.3) is 5.91 Å². The first kappa shape index (κ1) is 10.8. The Bertz CT molecular complexity index is 211. The van der Waals surface area contributed by atoms with Gasteiger partial charge in [-0.25, -0.2) is 0 Å². The minimum Gasteiger partial charge on any atom is -0.389 e. The molecule has 0 heterocycles. The van der Waals surface area contributed by atoms with Crippen LogP contribution in [0.5, 0.6) is 0 Å². The van der Waals surface area contributed by atoms with E-state index in [1.165, 1.54) is 6.92 Å². The molecule has 0 aromatic heterocycles. The van der Waals surface area contributed by atoms with E-state index in [0.29, 0.717) is 0 Å². The van der Waals surface area contributed by atoms with Crippen LogP contribution in [-0.2, 0) is 14.4 Å². The van der Waals surface area contributed by atoms with E-state index < -0.39 is 30.0 Å². The zero-order chi connectivity index (χ0) is 9.72. The van der Waals surface area contributed by atoms with Crippen LogP contribution in [0.25, 0.3) is 0 Å². The molecule has 1 atom stereocenters. The van der Waals surface area contributed by atoms with E-state index in [1.807, 2.05) is 0 Å². The summed E-state index contributed by atoms with van der Waals surface area (Å²) in [5, 5.41) is 8.33. The topological polar surface area (TPSA) is 97.5 Å². The van der Waals surface area contributed by atoms with Crippen molar-refractivity contribution < 1.29 is 19.5 Å². The Kier molecular flexibility index (Phi) is 4.14. The minimum absolute atomic E-state index is 0.141. The maximum atomic E-state index is 10.8. The lowest BCUT2D eigenvalue weighted by molar-refractivity contribution is -0.139. The van der Waals surface area contributed by atoms with Gasteiger partial charge in [0, 0.05) is 12.3 Å². The van der Waals surface area contributed by atoms with E-state index in [4.69, 9.17) is 10.8 Å². The Balaban J connectivity index is 4.04. The molecule has 12 heavy (non-hydrogen) atoms. The molecule has 3 N–H and O–H groups in total. The standard InChI is InChI=1S/C7H11NO4/c1-4(2-5(10)3-9)6(11)7(8)12/h4,9H,2-3H2,1H3,(H2,8,12). The van der Waals surface area contributed by atoms with Crippen molar-refractivity contribution in [2.45, 2.75) is 13.3 Å². The predicted octanol–water partition coefficient (Wildman–Crippen LogP) is -1.37. The van der Waals surface area contributed by atoms with Gasteiger partial charge in [0.2, 0.25) is 5.78 Å². The van der Waals surface area contributed by atoms with Gasteiger partial charge in [-0.3, -0.25) is 14.4 Å². The third-order valence-electron chi connectivity index (χ3n) is 1.40. The summed E-state index contributed by atoms with van der Waals surface area (Å²) < 4.78 is 0. The monoisotopic (exact) mass is 173 g/mol. The highest BCUT2D eigenvalue weighted by molar-refractivity contribution is 6.36. The molecule has 0 fully saturated rings. The van der Waals surface area contributed by atoms with Crippen molar-refractivity contribution in [3.8, 4) is 0 Å². The lowest BCUT2D eigenvalue weighted by Crippen LogP contribution is -2.30. The molecular formula is C7H11NO4. The first-order chi connectivity index (χ1) is 5.49. The maximum absolute atomic E-state index is 10.8. The number of ketones is 2. The second-order valence-electron chi connectivity index (χ2n) is 2.53. The summed E-state index contributed by atoms with van der Waals surface area (Å²) in [6.07, 6.45) is -0.141. The summed E-state index contributed by atoms with van der Waals surface area (Å²) in [5.41, 5.74) is 4.69. The largest absolute Gasteiger partial charge is 0.389 e. The van der Waals surface area contributed by atoms with Crippen LogP contribution in [0, 0.1) is 5.92 Å². The van der Waals surface area contributed by atoms with E-state index in [-0.39, 0.29) is 6.42 Å². The van der Waals surface area contributed by atoms with Crippen molar-refractivity contribution in [1.82, 2.24) is 0 Å². The molecule has 0 aliphatic heterocycles. The van der Waals surface area contributed by atoms with Gasteiger partial charge in [0.1, 0.15) is 6.61 Å². The van der Waals surface area contributed by atoms with Crippen LogP contribution in [0.4, 0.5) is 0 Å². The Morgan fingerprint density at radius 3 is 2.25 bits per heavy atom. The zero-order valence-electron chi connectivity index (χ0n) is 6.74. The summed E-state index contributed by atoms with van der Waals surface area (Å²) in [6, 6.07) is 0. The molecule has 0 aliphatic carbocycles. The number of aliphatic hydroxyl groups is 1. The molecule has 5 nitrogen and oxygen atoms in total. The molecule has 0 bridgehead atoms. The molecule has 1 amide bonds. The zero-order valence-corrected chi connectivity index (χ0v) is 6.74. The summed E-state index contributed by atoms with van der Waals surface area (Å²) in [5.74, 6) is -3.04. The number of hydrogen-bond donors (Lipinski definition) is 2. The van der Waals surface area contributed by atoms with Gasteiger partial charge in [-0.1, -0.05) is 6.92 Å². The number of hydrogen-bond acceptors (Lipinski definition) is 4. The molecule has 0 saturated carbocycles. The van der Waals surface area contributed by atoms with Crippen molar-refractivity contribution >= 4 is 17.5 Å². The second-order valence-corrected chi connectivity index (χ2v) is 2.53. The molecule has 1 unspecified atom stereocenters. The van der Waals surface area contributed by atoms with E-state index in [2.05, 4.69) is 0 Å². The van der Waals surface area contributed by atoms with Gasteiger partial charge >= 0.3 is 0 Å². The third kappa shape index (κ3) is 3.25. The van der Waals surface area contributed by atoms with E-state index in [9.17, 15) is 14.4 Å². The quantitative estimate of drug-likeness (QED) is 0.501. The van der Waals surface area contributed by atoms with Crippen molar-refractivity contribution in [1.29, 1.82) is 0 Å². The number of amides is 1. The number of carbonyl (C=O) groups excluding carboxylic acids is 3. The second kappa shape index (κ2) is 4.61. The molecule has 0 aromatic rings. The molecule has 0 aromatic carbocycles. The van der Waals surface area contributed by atoms with E-state index in [1.54, 1.807) is 0 Å².